The zero-order valence-corrected chi connectivity index (χ0v) is 9.70. The molecule has 0 atom stereocenters. The van der Waals surface area contributed by atoms with E-state index >= 15 is 0 Å². The predicted molar refractivity (Wildman–Crippen MR) is 60.1 cm³/mol. The number of carbonyl (C=O) groups is 2. The Hall–Kier alpha value is -1.43. The van der Waals surface area contributed by atoms with Crippen LogP contribution in [0, 0.1) is 0 Å². The molecule has 0 amide bonds. The van der Waals surface area contributed by atoms with Crippen molar-refractivity contribution in [1.82, 2.24) is 9.97 Å². The summed E-state index contributed by atoms with van der Waals surface area (Å²) >= 11 is 1.22. The maximum Gasteiger partial charge on any atom is 0.341 e. The van der Waals surface area contributed by atoms with Gasteiger partial charge in [0.1, 0.15) is 6.33 Å². The maximum absolute atomic E-state index is 11.4. The number of rotatable bonds is 5. The molecule has 5 nitrogen and oxygen atoms in total. The van der Waals surface area contributed by atoms with Crippen LogP contribution in [0.1, 0.15) is 23.7 Å². The van der Waals surface area contributed by atoms with Gasteiger partial charge in [-0.2, -0.15) is 0 Å². The van der Waals surface area contributed by atoms with E-state index in [0.29, 0.717) is 24.3 Å². The Morgan fingerprint density at radius 2 is 2.06 bits per heavy atom. The minimum atomic E-state index is -0.437. The molecule has 0 saturated heterocycles. The van der Waals surface area contributed by atoms with Gasteiger partial charge in [-0.1, -0.05) is 11.8 Å². The summed E-state index contributed by atoms with van der Waals surface area (Å²) in [7, 11) is 0. The van der Waals surface area contributed by atoms with E-state index in [4.69, 9.17) is 4.74 Å². The van der Waals surface area contributed by atoms with Crippen LogP contribution in [0.4, 0.5) is 0 Å². The Morgan fingerprint density at radius 1 is 1.38 bits per heavy atom. The monoisotopic (exact) mass is 240 g/mol. The molecule has 0 aliphatic heterocycles. The maximum atomic E-state index is 11.4. The van der Waals surface area contributed by atoms with Crippen LogP contribution in [0.25, 0.3) is 0 Å². The highest BCUT2D eigenvalue weighted by atomic mass is 32.2. The molecular formula is C10H12N2O3S. The number of thioether (sulfide) groups is 1. The summed E-state index contributed by atoms with van der Waals surface area (Å²) in [5, 5.41) is 0.0720. The molecule has 0 fully saturated rings. The van der Waals surface area contributed by atoms with E-state index < -0.39 is 5.97 Å². The molecule has 0 aromatic carbocycles. The van der Waals surface area contributed by atoms with Crippen molar-refractivity contribution < 1.29 is 14.3 Å². The molecule has 6 heteroatoms. The molecule has 0 aliphatic carbocycles. The average Bonchev–Trinajstić information content (AvgIpc) is 2.29. The summed E-state index contributed by atoms with van der Waals surface area (Å²) in [4.78, 5) is 29.4. The first-order valence-corrected chi connectivity index (χ1v) is 5.74. The highest BCUT2D eigenvalue weighted by molar-refractivity contribution is 8.13. The third-order valence-corrected chi connectivity index (χ3v) is 2.52. The first kappa shape index (κ1) is 12.6. The van der Waals surface area contributed by atoms with Gasteiger partial charge in [0.15, 0.2) is 5.12 Å². The lowest BCUT2D eigenvalue weighted by Gasteiger charge is -2.02. The summed E-state index contributed by atoms with van der Waals surface area (Å²) in [6.07, 6.45) is 4.81. The first-order chi connectivity index (χ1) is 7.70. The molecule has 1 aromatic rings. The zero-order valence-electron chi connectivity index (χ0n) is 8.88. The quantitative estimate of drug-likeness (QED) is 0.571. The van der Waals surface area contributed by atoms with E-state index in [2.05, 4.69) is 9.97 Å². The molecular weight excluding hydrogens is 228 g/mol. The molecule has 0 N–H and O–H groups in total. The van der Waals surface area contributed by atoms with Crippen molar-refractivity contribution in [1.29, 1.82) is 0 Å². The summed E-state index contributed by atoms with van der Waals surface area (Å²) in [5.41, 5.74) is 0.335. The van der Waals surface area contributed by atoms with Crippen LogP contribution in [0.15, 0.2) is 18.7 Å². The fraction of sp³-hybridized carbons (Fsp3) is 0.400. The van der Waals surface area contributed by atoms with Gasteiger partial charge in [-0.25, -0.2) is 14.8 Å². The van der Waals surface area contributed by atoms with Gasteiger partial charge < -0.3 is 4.74 Å². The third kappa shape index (κ3) is 4.88. The number of carbonyl (C=O) groups excluding carboxylic acids is 2. The van der Waals surface area contributed by atoms with Crippen molar-refractivity contribution in [3.63, 3.8) is 0 Å². The molecule has 0 saturated carbocycles. The molecule has 1 rings (SSSR count). The van der Waals surface area contributed by atoms with Crippen molar-refractivity contribution in [2.75, 3.05) is 12.4 Å². The summed E-state index contributed by atoms with van der Waals surface area (Å²) in [5.74, 6) is 0.224. The Balaban J connectivity index is 2.19. The lowest BCUT2D eigenvalue weighted by molar-refractivity contribution is -0.109. The van der Waals surface area contributed by atoms with Gasteiger partial charge in [0, 0.05) is 25.1 Å². The number of nitrogens with zero attached hydrogens (tertiary/aromatic N) is 2. The molecule has 16 heavy (non-hydrogen) atoms. The Morgan fingerprint density at radius 3 is 2.69 bits per heavy atom. The minimum absolute atomic E-state index is 0.0720. The molecule has 0 bridgehead atoms. The molecule has 0 unspecified atom stereocenters. The van der Waals surface area contributed by atoms with Crippen LogP contribution in [0.3, 0.4) is 0 Å². The molecule has 0 radical (unpaired) electrons. The van der Waals surface area contributed by atoms with Gasteiger partial charge >= 0.3 is 5.97 Å². The molecule has 1 heterocycles. The van der Waals surface area contributed by atoms with Gasteiger partial charge in [0.05, 0.1) is 12.2 Å². The van der Waals surface area contributed by atoms with Crippen molar-refractivity contribution in [2.45, 2.75) is 13.3 Å². The highest BCUT2D eigenvalue weighted by Crippen LogP contribution is 2.04. The minimum Gasteiger partial charge on any atom is -0.462 e. The fourth-order valence-corrected chi connectivity index (χ4v) is 1.48. The van der Waals surface area contributed by atoms with Crippen molar-refractivity contribution >= 4 is 22.8 Å². The smallest absolute Gasteiger partial charge is 0.341 e. The lowest BCUT2D eigenvalue weighted by Crippen LogP contribution is -2.07. The molecule has 86 valence electrons. The summed E-state index contributed by atoms with van der Waals surface area (Å²) in [6.45, 7) is 1.81. The van der Waals surface area contributed by atoms with Crippen LogP contribution in [0.5, 0.6) is 0 Å². The van der Waals surface area contributed by atoms with Gasteiger partial charge in [-0.05, 0) is 6.42 Å². The average molecular weight is 240 g/mol. The van der Waals surface area contributed by atoms with Gasteiger partial charge in [-0.15, -0.1) is 0 Å². The Labute approximate surface area is 97.6 Å². The predicted octanol–water partition coefficient (Wildman–Crippen LogP) is 1.30. The topological polar surface area (TPSA) is 69.2 Å². The van der Waals surface area contributed by atoms with Crippen LogP contribution < -0.4 is 0 Å². The van der Waals surface area contributed by atoms with Crippen LogP contribution in [-0.2, 0) is 9.53 Å². The first-order valence-electron chi connectivity index (χ1n) is 4.75. The van der Waals surface area contributed by atoms with Gasteiger partial charge in [0.2, 0.25) is 0 Å². The number of esters is 1. The summed E-state index contributed by atoms with van der Waals surface area (Å²) < 4.78 is 4.97. The van der Waals surface area contributed by atoms with Crippen molar-refractivity contribution in [3.05, 3.63) is 24.3 Å². The van der Waals surface area contributed by atoms with Gasteiger partial charge in [-0.3, -0.25) is 4.79 Å². The van der Waals surface area contributed by atoms with Crippen LogP contribution >= 0.6 is 11.8 Å². The lowest BCUT2D eigenvalue weighted by atomic mass is 10.3. The van der Waals surface area contributed by atoms with E-state index in [1.807, 2.05) is 0 Å². The normalized spacial score (nSPS) is 9.81. The standard InChI is InChI=1S/C10H12N2O3S/c1-8(13)16-4-2-3-15-10(14)9-5-11-7-12-6-9/h5-7H,2-4H2,1H3. The number of hydrogen-bond acceptors (Lipinski definition) is 6. The second-order valence-corrected chi connectivity index (χ2v) is 4.23. The summed E-state index contributed by atoms with van der Waals surface area (Å²) in [6, 6.07) is 0. The third-order valence-electron chi connectivity index (χ3n) is 1.62. The van der Waals surface area contributed by atoms with E-state index in [9.17, 15) is 9.59 Å². The fourth-order valence-electron chi connectivity index (χ4n) is 0.928. The molecule has 0 aliphatic rings. The van der Waals surface area contributed by atoms with Crippen molar-refractivity contribution in [3.8, 4) is 0 Å². The molecule has 0 spiro atoms. The van der Waals surface area contributed by atoms with Crippen LogP contribution in [-0.4, -0.2) is 33.4 Å². The number of aromatic nitrogens is 2. The Kier molecular flexibility index (Phi) is 5.49. The van der Waals surface area contributed by atoms with E-state index in [-0.39, 0.29) is 5.12 Å². The zero-order chi connectivity index (χ0) is 11.8. The number of ether oxygens (including phenoxy) is 1. The molecule has 1 aromatic heterocycles. The second-order valence-electron chi connectivity index (χ2n) is 2.96. The van der Waals surface area contributed by atoms with Crippen LogP contribution in [0.2, 0.25) is 0 Å². The number of hydrogen-bond donors (Lipinski definition) is 0. The highest BCUT2D eigenvalue weighted by Gasteiger charge is 2.06. The largest absolute Gasteiger partial charge is 0.462 e. The van der Waals surface area contributed by atoms with Gasteiger partial charge in [0.25, 0.3) is 0 Å². The SMILES string of the molecule is CC(=O)SCCCOC(=O)c1cncnc1. The van der Waals surface area contributed by atoms with E-state index in [0.717, 1.165) is 0 Å². The Bertz CT molecular complexity index is 356. The van der Waals surface area contributed by atoms with E-state index in [1.165, 1.54) is 37.4 Å². The second kappa shape index (κ2) is 6.95. The van der Waals surface area contributed by atoms with E-state index in [1.54, 1.807) is 0 Å². The van der Waals surface area contributed by atoms with Crippen molar-refractivity contribution in [2.24, 2.45) is 0 Å².